The van der Waals surface area contributed by atoms with Gasteiger partial charge < -0.3 is 4.74 Å². The second-order valence-electron chi connectivity index (χ2n) is 6.80. The maximum absolute atomic E-state index is 13.2. The van der Waals surface area contributed by atoms with E-state index < -0.39 is 11.7 Å². The summed E-state index contributed by atoms with van der Waals surface area (Å²) in [6.45, 7) is 0. The fourth-order valence-electron chi connectivity index (χ4n) is 3.58. The zero-order chi connectivity index (χ0) is 21.1. The third kappa shape index (κ3) is 3.82. The van der Waals surface area contributed by atoms with Crippen molar-refractivity contribution in [3.63, 3.8) is 0 Å². The Morgan fingerprint density at radius 2 is 1.80 bits per heavy atom. The molecule has 1 heterocycles. The molecule has 4 nitrogen and oxygen atoms in total. The van der Waals surface area contributed by atoms with Crippen molar-refractivity contribution in [1.29, 1.82) is 0 Å². The molecule has 0 saturated heterocycles. The first-order chi connectivity index (χ1) is 14.6. The smallest absolute Gasteiger partial charge is 0.281 e. The zero-order valence-corrected chi connectivity index (χ0v) is 17.0. The minimum Gasteiger partial charge on any atom is -0.496 e. The highest BCUT2D eigenvalue weighted by Crippen LogP contribution is 2.37. The lowest BCUT2D eigenvalue weighted by Crippen LogP contribution is -2.27. The van der Waals surface area contributed by atoms with Crippen molar-refractivity contribution >= 4 is 40.7 Å². The summed E-state index contributed by atoms with van der Waals surface area (Å²) in [4.78, 5) is 30.2. The molecular formula is C25H18ClNO3. The van der Waals surface area contributed by atoms with Crippen LogP contribution in [0.1, 0.15) is 11.1 Å². The lowest BCUT2D eigenvalue weighted by Gasteiger charge is -2.26. The van der Waals surface area contributed by atoms with Crippen molar-refractivity contribution in [2.75, 3.05) is 7.11 Å². The Kier molecular flexibility index (Phi) is 5.59. The predicted molar refractivity (Wildman–Crippen MR) is 119 cm³/mol. The van der Waals surface area contributed by atoms with E-state index in [0.29, 0.717) is 22.1 Å². The number of ketones is 1. The van der Waals surface area contributed by atoms with Gasteiger partial charge in [-0.05, 0) is 41.5 Å². The molecule has 1 atom stereocenters. The van der Waals surface area contributed by atoms with Crippen LogP contribution in [0.5, 0.6) is 5.75 Å². The standard InChI is InChI=1S/C25H18ClNO3/c1-30-22-10-6-5-7-16(22)11-14-21(28)24-23(17-8-3-2-4-9-17)19-15-18(26)12-13-20(19)27-25(24)29/h2-15,19H,1H3/b14-11+. The van der Waals surface area contributed by atoms with Gasteiger partial charge in [0.05, 0.1) is 18.4 Å². The van der Waals surface area contributed by atoms with Crippen molar-refractivity contribution in [3.05, 3.63) is 101 Å². The van der Waals surface area contributed by atoms with E-state index in [1.165, 1.54) is 6.08 Å². The third-order valence-electron chi connectivity index (χ3n) is 4.97. The summed E-state index contributed by atoms with van der Waals surface area (Å²) in [5.74, 6) is -0.681. The monoisotopic (exact) mass is 415 g/mol. The molecule has 30 heavy (non-hydrogen) atoms. The summed E-state index contributed by atoms with van der Waals surface area (Å²) in [5.41, 5.74) is 2.77. The van der Waals surface area contributed by atoms with Crippen molar-refractivity contribution < 1.29 is 14.3 Å². The van der Waals surface area contributed by atoms with Crippen LogP contribution in [-0.4, -0.2) is 24.5 Å². The number of allylic oxidation sites excluding steroid dienone is 6. The summed E-state index contributed by atoms with van der Waals surface area (Å²) in [6.07, 6.45) is 8.26. The number of aliphatic imine (C=N–C) groups is 1. The fourth-order valence-corrected chi connectivity index (χ4v) is 3.77. The number of halogens is 1. The first-order valence-corrected chi connectivity index (χ1v) is 9.79. The summed E-state index contributed by atoms with van der Waals surface area (Å²) in [5, 5.41) is 0.540. The van der Waals surface area contributed by atoms with Crippen molar-refractivity contribution in [2.45, 2.75) is 0 Å². The molecule has 0 bridgehead atoms. The van der Waals surface area contributed by atoms with Gasteiger partial charge in [-0.15, -0.1) is 0 Å². The SMILES string of the molecule is COc1ccccc1/C=C/C(=O)C1=C(c2ccccc2)C2C=C(Cl)C=CC2=NC1=O. The first kappa shape index (κ1) is 19.8. The van der Waals surface area contributed by atoms with Gasteiger partial charge in [-0.2, -0.15) is 0 Å². The Bertz CT molecular complexity index is 1170. The second-order valence-corrected chi connectivity index (χ2v) is 7.24. The quantitative estimate of drug-likeness (QED) is 0.509. The lowest BCUT2D eigenvalue weighted by atomic mass is 9.80. The van der Waals surface area contributed by atoms with Crippen LogP contribution < -0.4 is 4.74 Å². The molecule has 1 aliphatic heterocycles. The van der Waals surface area contributed by atoms with Crippen molar-refractivity contribution in [2.24, 2.45) is 10.9 Å². The number of methoxy groups -OCH3 is 1. The van der Waals surface area contributed by atoms with Gasteiger partial charge in [0, 0.05) is 16.5 Å². The number of amides is 1. The van der Waals surface area contributed by atoms with Gasteiger partial charge in [-0.25, -0.2) is 4.99 Å². The van der Waals surface area contributed by atoms with Crippen molar-refractivity contribution in [3.8, 4) is 5.75 Å². The van der Waals surface area contributed by atoms with E-state index in [2.05, 4.69) is 4.99 Å². The van der Waals surface area contributed by atoms with Crippen LogP contribution in [0.3, 0.4) is 0 Å². The molecule has 0 spiro atoms. The lowest BCUT2D eigenvalue weighted by molar-refractivity contribution is -0.118. The molecule has 0 aromatic heterocycles. The molecule has 2 aliphatic rings. The Morgan fingerprint density at radius 1 is 1.07 bits per heavy atom. The highest BCUT2D eigenvalue weighted by molar-refractivity contribution is 6.37. The number of carbonyl (C=O) groups is 2. The van der Waals surface area contributed by atoms with Gasteiger partial charge in [0.1, 0.15) is 5.75 Å². The zero-order valence-electron chi connectivity index (χ0n) is 16.2. The van der Waals surface area contributed by atoms with Gasteiger partial charge in [0.15, 0.2) is 5.78 Å². The maximum atomic E-state index is 13.2. The molecule has 0 saturated carbocycles. The second kappa shape index (κ2) is 8.47. The topological polar surface area (TPSA) is 55.7 Å². The van der Waals surface area contributed by atoms with Crippen LogP contribution in [0.2, 0.25) is 0 Å². The van der Waals surface area contributed by atoms with E-state index in [-0.39, 0.29) is 11.5 Å². The van der Waals surface area contributed by atoms with Gasteiger partial charge in [-0.1, -0.05) is 66.2 Å². The van der Waals surface area contributed by atoms with E-state index in [1.54, 1.807) is 25.3 Å². The molecule has 1 unspecified atom stereocenters. The van der Waals surface area contributed by atoms with E-state index in [9.17, 15) is 9.59 Å². The number of para-hydroxylation sites is 1. The summed E-state index contributed by atoms with van der Waals surface area (Å²) in [6, 6.07) is 16.7. The van der Waals surface area contributed by atoms with Gasteiger partial charge in [0.2, 0.25) is 0 Å². The molecule has 0 fully saturated rings. The highest BCUT2D eigenvalue weighted by Gasteiger charge is 2.34. The van der Waals surface area contributed by atoms with Gasteiger partial charge >= 0.3 is 0 Å². The predicted octanol–water partition coefficient (Wildman–Crippen LogP) is 5.02. The van der Waals surface area contributed by atoms with E-state index in [1.807, 2.05) is 60.7 Å². The van der Waals surface area contributed by atoms with Crippen LogP contribution in [0.4, 0.5) is 0 Å². The average molecular weight is 416 g/mol. The van der Waals surface area contributed by atoms with Crippen LogP contribution >= 0.6 is 11.6 Å². The van der Waals surface area contributed by atoms with Gasteiger partial charge in [-0.3, -0.25) is 9.59 Å². The summed E-state index contributed by atoms with van der Waals surface area (Å²) in [7, 11) is 1.57. The minimum absolute atomic E-state index is 0.0529. The Morgan fingerprint density at radius 3 is 2.57 bits per heavy atom. The van der Waals surface area contributed by atoms with Crippen molar-refractivity contribution in [1.82, 2.24) is 0 Å². The number of nitrogens with zero attached hydrogens (tertiary/aromatic N) is 1. The number of benzene rings is 2. The number of rotatable bonds is 5. The normalized spacial score (nSPS) is 18.2. The summed E-state index contributed by atoms with van der Waals surface area (Å²) < 4.78 is 5.32. The Balaban J connectivity index is 1.81. The maximum Gasteiger partial charge on any atom is 0.281 e. The molecule has 148 valence electrons. The van der Waals surface area contributed by atoms with Gasteiger partial charge in [0.25, 0.3) is 5.91 Å². The molecule has 4 rings (SSSR count). The molecule has 1 amide bonds. The molecule has 0 N–H and O–H groups in total. The van der Waals surface area contributed by atoms with Crippen LogP contribution in [-0.2, 0) is 9.59 Å². The Hall–Kier alpha value is -3.50. The minimum atomic E-state index is -0.550. The van der Waals surface area contributed by atoms with Crippen LogP contribution in [0.15, 0.2) is 94.5 Å². The van der Waals surface area contributed by atoms with E-state index in [0.717, 1.165) is 11.1 Å². The average Bonchev–Trinajstić information content (AvgIpc) is 2.77. The molecule has 5 heteroatoms. The van der Waals surface area contributed by atoms with Crippen LogP contribution in [0, 0.1) is 5.92 Å². The fraction of sp³-hybridized carbons (Fsp3) is 0.0800. The number of ether oxygens (including phenoxy) is 1. The largest absolute Gasteiger partial charge is 0.496 e. The number of fused-ring (bicyclic) bond motifs is 1. The van der Waals surface area contributed by atoms with E-state index in [4.69, 9.17) is 16.3 Å². The number of hydrogen-bond donors (Lipinski definition) is 0. The molecule has 0 radical (unpaired) electrons. The molecular weight excluding hydrogens is 398 g/mol. The summed E-state index contributed by atoms with van der Waals surface area (Å²) >= 11 is 6.23. The van der Waals surface area contributed by atoms with Crippen LogP contribution in [0.25, 0.3) is 11.6 Å². The molecule has 2 aromatic carbocycles. The highest BCUT2D eigenvalue weighted by atomic mass is 35.5. The number of carbonyl (C=O) groups excluding carboxylic acids is 2. The molecule has 1 aliphatic carbocycles. The Labute approximate surface area is 179 Å². The third-order valence-corrected chi connectivity index (χ3v) is 5.22. The first-order valence-electron chi connectivity index (χ1n) is 9.42. The molecule has 2 aromatic rings. The van der Waals surface area contributed by atoms with E-state index >= 15 is 0 Å². The number of dihydropyridines is 1. The number of hydrogen-bond acceptors (Lipinski definition) is 3.